The molecule has 1 atom stereocenters. The highest BCUT2D eigenvalue weighted by molar-refractivity contribution is 7.98. The number of thioether (sulfide) groups is 2. The molecule has 24 heteroatoms. The summed E-state index contributed by atoms with van der Waals surface area (Å²) in [6, 6.07) is -4.21. The number of para-hydroxylation sites is 1. The number of piperidine rings is 2. The number of nitrogens with zero attached hydrogens (tertiary/aromatic N) is 6. The summed E-state index contributed by atoms with van der Waals surface area (Å²) < 4.78 is 455. The molecule has 0 bridgehead atoms. The van der Waals surface area contributed by atoms with Crippen LogP contribution in [0.25, 0.3) is 44.1 Å². The van der Waals surface area contributed by atoms with E-state index in [9.17, 15) is 53.2 Å². The van der Waals surface area contributed by atoms with E-state index < -0.39 is 331 Å². The van der Waals surface area contributed by atoms with Crippen LogP contribution in [0, 0.1) is 30.2 Å². The molecule has 0 N–H and O–H groups in total. The number of methoxy groups -OCH3 is 2. The van der Waals surface area contributed by atoms with Gasteiger partial charge in [0.1, 0.15) is 13.1 Å². The quantitative estimate of drug-likeness (QED) is 0.0428. The Kier molecular flexibility index (Phi) is 14.5. The summed E-state index contributed by atoms with van der Waals surface area (Å²) in [6.07, 6.45) is -11.6. The standard InChI is InChI=1S/2C41H40F5N3O3S/c1-27(28-10-12-29(13-11-28)30-14-16-32(17-15-30)41(44,45)46)49(33-18-20-47(21-19-33)22-23-52-2)38(51)25-48-36-9-4-3-7-34(36)37(50)24-39(48)53-26-31-6-5-8-35(42)40(31)43;1-27-6-15-36-34(22-27)37(50)23-39(53-26-31-4-3-5-35(42)40(31)43)49(36)25-38(51)48(33-16-18-47(19-17-33)20-21-52-2)24-28-7-9-29(10-8-28)30-11-13-32(14-12-30)41(44,45)46/h3-17,24,27,33H,18-23,25-26H2,1-2H3;3-15,22-23,33H,16-21,24-26H2,1-2H3/i2D3,22D2,23D2,26D2,27D;2D3,3D,4D,5D,6D,7D,8D,9D,10D,11D,12D,13D,14D,15D,20D2,21D2,22D,23D,24D2,26D2. The Morgan fingerprint density at radius 3 is 1.78 bits per heavy atom. The number of hydrogen-bond donors (Lipinski definition) is 0. The van der Waals surface area contributed by atoms with Gasteiger partial charge in [0.25, 0.3) is 0 Å². The van der Waals surface area contributed by atoms with E-state index in [1.165, 1.54) is 52.8 Å². The maximum atomic E-state index is 15.6. The first-order chi connectivity index (χ1) is 65.0. The fourth-order valence-electron chi connectivity index (χ4n) is 11.4. The summed E-state index contributed by atoms with van der Waals surface area (Å²) >= 11 is -0.0682. The molecule has 0 radical (unpaired) electrons. The summed E-state index contributed by atoms with van der Waals surface area (Å²) in [5.74, 6) is -9.49. The lowest BCUT2D eigenvalue weighted by atomic mass is 9.96. The molecule has 2 amide bonds. The first kappa shape index (κ1) is 43.7. The zero-order valence-corrected chi connectivity index (χ0v) is 56.8. The van der Waals surface area contributed by atoms with Crippen molar-refractivity contribution in [2.24, 2.45) is 0 Å². The van der Waals surface area contributed by atoms with Crippen molar-refractivity contribution in [3.8, 4) is 22.3 Å². The highest BCUT2D eigenvalue weighted by Crippen LogP contribution is 2.37. The van der Waals surface area contributed by atoms with Crippen LogP contribution in [0.4, 0.5) is 43.9 Å². The van der Waals surface area contributed by atoms with Gasteiger partial charge in [0.15, 0.2) is 34.1 Å². The molecule has 2 fully saturated rings. The third-order valence-electron chi connectivity index (χ3n) is 16.6. The Balaban J connectivity index is 0.000000278. The molecule has 0 spiro atoms. The van der Waals surface area contributed by atoms with Crippen molar-refractivity contribution >= 4 is 57.1 Å². The number of aromatic nitrogens is 2. The van der Waals surface area contributed by atoms with Gasteiger partial charge in [0.2, 0.25) is 11.8 Å². The second-order valence-electron chi connectivity index (χ2n) is 23.3. The van der Waals surface area contributed by atoms with E-state index in [4.69, 9.17) is 45.2 Å². The maximum absolute atomic E-state index is 15.6. The van der Waals surface area contributed by atoms with Gasteiger partial charge in [-0.25, -0.2) is 17.6 Å². The number of benzene rings is 8. The number of carbonyl (C=O) groups excluding carboxylic acids is 2. The van der Waals surface area contributed by atoms with Crippen LogP contribution in [0.2, 0.25) is 0 Å². The summed E-state index contributed by atoms with van der Waals surface area (Å²) in [4.78, 5) is 61.1. The maximum Gasteiger partial charge on any atom is 0.416 e. The van der Waals surface area contributed by atoms with E-state index in [1.807, 2.05) is 0 Å². The molecule has 0 aliphatic carbocycles. The van der Waals surface area contributed by atoms with Crippen molar-refractivity contribution in [3.63, 3.8) is 0 Å². The van der Waals surface area contributed by atoms with Crippen molar-refractivity contribution in [3.05, 3.63) is 270 Å². The first-order valence-corrected chi connectivity index (χ1v) is 33.3. The zero-order valence-electron chi connectivity index (χ0n) is 91.2. The number of likely N-dealkylation sites (tertiary alicyclic amines) is 2. The molecule has 2 saturated heterocycles. The minimum atomic E-state index is -5.48. The topological polar surface area (TPSA) is 110 Å². The third kappa shape index (κ3) is 19.2. The molecule has 12 rings (SSSR count). The molecular formula is C82H80F10N6O6S2. The molecule has 10 aromatic rings. The molecule has 12 nitrogen and oxygen atoms in total. The highest BCUT2D eigenvalue weighted by Gasteiger charge is 2.35. The van der Waals surface area contributed by atoms with Crippen LogP contribution < -0.4 is 10.9 Å². The molecule has 2 aliphatic rings. The minimum absolute atomic E-state index is 0.0683. The van der Waals surface area contributed by atoms with Gasteiger partial charge in [-0.05, 0) is 133 Å². The summed E-state index contributed by atoms with van der Waals surface area (Å²) in [7, 11) is -6.78. The summed E-state index contributed by atoms with van der Waals surface area (Å²) in [5.41, 5.74) is -17.2. The van der Waals surface area contributed by atoms with Gasteiger partial charge in [0, 0.05) is 128 Å². The van der Waals surface area contributed by atoms with Crippen molar-refractivity contribution in [2.75, 3.05) is 66.4 Å². The largest absolute Gasteiger partial charge is 0.416 e. The Morgan fingerprint density at radius 1 is 0.585 bits per heavy atom. The Labute approximate surface area is 667 Å². The van der Waals surface area contributed by atoms with E-state index in [-0.39, 0.29) is 57.9 Å². The highest BCUT2D eigenvalue weighted by atomic mass is 32.2. The number of alkyl halides is 6. The SMILES string of the molecule is [2H]C([2H])([2H])OC([2H])([2H])C([2H])([2H])N1CCC(N(C(=O)Cn2c(SC([2H])([2H])c3cccc(F)c3F)cc(=O)c3ccccc32)C([2H])(C)c2ccc(-c3ccc(C(F)(F)F)cc3)cc2)CC1.[2H]c1c([2H])c(F)c(F)c(C([2H])([2H])Sc2c([2H])c(=O)c3c([2H])c(C)c([2H])c([2H])c3n2CC(=O)N(C2CCN(C([2H])([2H])C([2H])([2H])OC([2H])([2H])[2H])CC2)C([2H])([2H])c2c([2H])c([2H])c(-c3c([2H])c([2H])c(C(F)(F)F)c([2H])c3[2H])c([2H])c2[2H])c1[2H]. The number of pyridine rings is 2. The van der Waals surface area contributed by atoms with E-state index in [0.717, 1.165) is 48.2 Å². The number of rotatable bonds is 24. The normalized spacial score (nSPS) is 20.9. The molecule has 106 heavy (non-hydrogen) atoms. The van der Waals surface area contributed by atoms with E-state index in [2.05, 4.69) is 9.47 Å². The Morgan fingerprint density at radius 2 is 1.15 bits per heavy atom. The molecule has 1 unspecified atom stereocenters. The molecular weight excluding hydrogens is 1420 g/mol. The van der Waals surface area contributed by atoms with Crippen LogP contribution in [0.5, 0.6) is 0 Å². The van der Waals surface area contributed by atoms with Crippen LogP contribution in [0.3, 0.4) is 0 Å². The monoisotopic (exact) mass is 1530 g/mol. The average Bonchev–Trinajstić information content (AvgIpc) is 0.718. The lowest BCUT2D eigenvalue weighted by Gasteiger charge is -2.42. The second-order valence-corrected chi connectivity index (χ2v) is 25.0. The van der Waals surface area contributed by atoms with Gasteiger partial charge >= 0.3 is 12.4 Å². The van der Waals surface area contributed by atoms with Gasteiger partial charge < -0.3 is 38.2 Å². The van der Waals surface area contributed by atoms with Crippen molar-refractivity contribution in [2.45, 2.75) is 111 Å². The van der Waals surface area contributed by atoms with E-state index in [0.29, 0.717) is 32.4 Å². The number of fused-ring (bicyclic) bond motifs is 2. The van der Waals surface area contributed by atoms with Crippen LogP contribution in [0.1, 0.15) is 127 Å². The van der Waals surface area contributed by atoms with Gasteiger partial charge in [-0.3, -0.25) is 19.2 Å². The van der Waals surface area contributed by atoms with Crippen molar-refractivity contribution in [1.29, 1.82) is 0 Å². The lowest BCUT2D eigenvalue weighted by molar-refractivity contribution is -0.138. The van der Waals surface area contributed by atoms with Crippen LogP contribution in [0.15, 0.2) is 207 Å². The van der Waals surface area contributed by atoms with Crippen LogP contribution in [-0.2, 0) is 62.4 Å². The number of ether oxygens (including phenoxy) is 2. The fraction of sp³-hybridized carbons (Fsp3) is 0.317. The van der Waals surface area contributed by atoms with Gasteiger partial charge in [-0.2, -0.15) is 26.3 Å². The van der Waals surface area contributed by atoms with Gasteiger partial charge in [-0.1, -0.05) is 121 Å². The van der Waals surface area contributed by atoms with Crippen molar-refractivity contribution < 1.29 is 112 Å². The molecule has 4 heterocycles. The molecule has 2 aliphatic heterocycles. The molecule has 0 saturated carbocycles. The zero-order chi connectivity index (χ0) is 107. The smallest absolute Gasteiger partial charge is 0.383 e. The van der Waals surface area contributed by atoms with Crippen LogP contribution in [-0.4, -0.2) is 119 Å². The van der Waals surface area contributed by atoms with E-state index in [1.54, 1.807) is 24.3 Å². The molecule has 8 aromatic carbocycles. The Hall–Kier alpha value is -9.04. The summed E-state index contributed by atoms with van der Waals surface area (Å²) in [6.45, 7) is -18.7. The van der Waals surface area contributed by atoms with Crippen LogP contribution >= 0.6 is 23.5 Å². The predicted octanol–water partition coefficient (Wildman–Crippen LogP) is 17.7. The molecule has 2 aromatic heterocycles. The third-order valence-corrected chi connectivity index (χ3v) is 18.3. The van der Waals surface area contributed by atoms with Crippen molar-refractivity contribution in [1.82, 2.24) is 28.7 Å². The number of carbonyl (C=O) groups is 2. The minimum Gasteiger partial charge on any atom is -0.383 e. The fourth-order valence-corrected chi connectivity index (χ4v) is 12.9. The number of halogens is 10. The Bertz CT molecular complexity index is 6680. The molecule has 556 valence electrons. The second kappa shape index (κ2) is 35.1. The van der Waals surface area contributed by atoms with Gasteiger partial charge in [0.05, 0.1) is 89.7 Å². The van der Waals surface area contributed by atoms with Gasteiger partial charge in [-0.15, -0.1) is 23.5 Å². The van der Waals surface area contributed by atoms with E-state index >= 15 is 14.0 Å². The predicted molar refractivity (Wildman–Crippen MR) is 395 cm³/mol. The number of amides is 2. The summed E-state index contributed by atoms with van der Waals surface area (Å²) in [5, 5.41) is -2.04. The number of hydrogen-bond acceptors (Lipinski definition) is 10. The first-order valence-electron chi connectivity index (χ1n) is 49.6. The average molecular weight is 1540 g/mol. The lowest BCUT2D eigenvalue weighted by Crippen LogP contribution is -2.49.